The minimum atomic E-state index is -0.415. The molecule has 7 nitrogen and oxygen atoms in total. The van der Waals surface area contributed by atoms with E-state index in [1.807, 2.05) is 11.9 Å². The maximum Gasteiger partial charge on any atom is 0.293 e. The molecule has 1 aromatic carbocycles. The van der Waals surface area contributed by atoms with E-state index in [1.54, 1.807) is 12.1 Å². The van der Waals surface area contributed by atoms with Crippen LogP contribution in [0.15, 0.2) is 18.2 Å². The van der Waals surface area contributed by atoms with Gasteiger partial charge in [0.25, 0.3) is 11.6 Å². The molecule has 2 N–H and O–H groups in total. The Bertz CT molecular complexity index is 634. The third-order valence-corrected chi connectivity index (χ3v) is 4.68. The Morgan fingerprint density at radius 2 is 2.12 bits per heavy atom. The number of likely N-dealkylation sites (tertiary alicyclic amines) is 1. The number of halogens is 1. The SMILES string of the molecule is CNCC1CCCN(C(=O)c2ccc(NC3CC3)c([N+](=O)[O-])c2)C1.Cl. The van der Waals surface area contributed by atoms with E-state index in [0.29, 0.717) is 29.8 Å². The summed E-state index contributed by atoms with van der Waals surface area (Å²) < 4.78 is 0. The molecule has 3 rings (SSSR count). The maximum absolute atomic E-state index is 12.7. The zero-order chi connectivity index (χ0) is 17.1. The van der Waals surface area contributed by atoms with E-state index in [0.717, 1.165) is 38.8 Å². The van der Waals surface area contributed by atoms with E-state index in [9.17, 15) is 14.9 Å². The van der Waals surface area contributed by atoms with Gasteiger partial charge in [-0.2, -0.15) is 0 Å². The van der Waals surface area contributed by atoms with Gasteiger partial charge in [-0.05, 0) is 57.3 Å². The van der Waals surface area contributed by atoms with E-state index in [-0.39, 0.29) is 24.0 Å². The predicted octanol–water partition coefficient (Wildman–Crippen LogP) is 2.66. The molecule has 1 amide bonds. The number of nitro groups is 1. The molecule has 1 aromatic rings. The van der Waals surface area contributed by atoms with Crippen LogP contribution >= 0.6 is 12.4 Å². The molecule has 138 valence electrons. The quantitative estimate of drug-likeness (QED) is 0.595. The Kier molecular flexibility index (Phi) is 6.61. The summed E-state index contributed by atoms with van der Waals surface area (Å²) in [6.45, 7) is 2.30. The van der Waals surface area contributed by atoms with Gasteiger partial charge in [-0.3, -0.25) is 14.9 Å². The van der Waals surface area contributed by atoms with E-state index < -0.39 is 4.92 Å². The number of carbonyl (C=O) groups excluding carboxylic acids is 1. The number of piperidine rings is 1. The summed E-state index contributed by atoms with van der Waals surface area (Å²) in [5, 5.41) is 17.7. The van der Waals surface area contributed by atoms with Gasteiger partial charge in [-0.15, -0.1) is 12.4 Å². The van der Waals surface area contributed by atoms with Gasteiger partial charge in [-0.1, -0.05) is 0 Å². The summed E-state index contributed by atoms with van der Waals surface area (Å²) in [7, 11) is 1.91. The van der Waals surface area contributed by atoms with Crippen LogP contribution in [0.3, 0.4) is 0 Å². The lowest BCUT2D eigenvalue weighted by Gasteiger charge is -2.32. The standard InChI is InChI=1S/C17H24N4O3.ClH/c1-18-10-12-3-2-8-20(11-12)17(22)13-4-7-15(19-14-5-6-14)16(9-13)21(23)24;/h4,7,9,12,14,18-19H,2-3,5-6,8,10-11H2,1H3;1H. The summed E-state index contributed by atoms with van der Waals surface area (Å²) in [5.74, 6) is 0.329. The molecular weight excluding hydrogens is 344 g/mol. The summed E-state index contributed by atoms with van der Waals surface area (Å²) in [6, 6.07) is 5.10. The van der Waals surface area contributed by atoms with Crippen molar-refractivity contribution in [3.8, 4) is 0 Å². The number of amides is 1. The predicted molar refractivity (Wildman–Crippen MR) is 99.5 cm³/mol. The average Bonchev–Trinajstić information content (AvgIpc) is 3.39. The molecule has 1 saturated heterocycles. The highest BCUT2D eigenvalue weighted by Crippen LogP contribution is 2.32. The van der Waals surface area contributed by atoms with Gasteiger partial charge in [0, 0.05) is 30.8 Å². The molecule has 1 saturated carbocycles. The van der Waals surface area contributed by atoms with Crippen LogP contribution in [0.5, 0.6) is 0 Å². The normalized spacial score (nSPS) is 19.9. The molecule has 2 fully saturated rings. The lowest BCUT2D eigenvalue weighted by molar-refractivity contribution is -0.384. The fraction of sp³-hybridized carbons (Fsp3) is 0.588. The van der Waals surface area contributed by atoms with Crippen LogP contribution in [-0.4, -0.2) is 48.5 Å². The van der Waals surface area contributed by atoms with Crippen molar-refractivity contribution >= 4 is 29.7 Å². The van der Waals surface area contributed by atoms with Crippen molar-refractivity contribution in [3.63, 3.8) is 0 Å². The molecule has 1 aliphatic heterocycles. The van der Waals surface area contributed by atoms with E-state index >= 15 is 0 Å². The molecule has 8 heteroatoms. The molecule has 1 heterocycles. The summed E-state index contributed by atoms with van der Waals surface area (Å²) in [4.78, 5) is 25.5. The van der Waals surface area contributed by atoms with Crippen LogP contribution in [0.1, 0.15) is 36.0 Å². The third kappa shape index (κ3) is 4.83. The van der Waals surface area contributed by atoms with Gasteiger partial charge in [-0.25, -0.2) is 0 Å². The molecular formula is C17H25ClN4O3. The average molecular weight is 369 g/mol. The van der Waals surface area contributed by atoms with Crippen LogP contribution < -0.4 is 10.6 Å². The first-order valence-electron chi connectivity index (χ1n) is 8.57. The lowest BCUT2D eigenvalue weighted by Crippen LogP contribution is -2.42. The monoisotopic (exact) mass is 368 g/mol. The second kappa shape index (κ2) is 8.49. The smallest absolute Gasteiger partial charge is 0.293 e. The number of benzene rings is 1. The largest absolute Gasteiger partial charge is 0.377 e. The Morgan fingerprint density at radius 3 is 2.76 bits per heavy atom. The minimum absolute atomic E-state index is 0. The van der Waals surface area contributed by atoms with Gasteiger partial charge >= 0.3 is 0 Å². The second-order valence-electron chi connectivity index (χ2n) is 6.72. The van der Waals surface area contributed by atoms with Gasteiger partial charge < -0.3 is 15.5 Å². The highest BCUT2D eigenvalue weighted by atomic mass is 35.5. The zero-order valence-electron chi connectivity index (χ0n) is 14.4. The Morgan fingerprint density at radius 1 is 1.36 bits per heavy atom. The Balaban J connectivity index is 0.00000225. The highest BCUT2D eigenvalue weighted by molar-refractivity contribution is 5.95. The topological polar surface area (TPSA) is 87.5 Å². The van der Waals surface area contributed by atoms with Crippen LogP contribution in [0.2, 0.25) is 0 Å². The number of nitrogens with zero attached hydrogens (tertiary/aromatic N) is 2. The molecule has 2 aliphatic rings. The van der Waals surface area contributed by atoms with Crippen LogP contribution in [0, 0.1) is 16.0 Å². The Hall–Kier alpha value is -1.86. The van der Waals surface area contributed by atoms with Crippen molar-refractivity contribution in [1.82, 2.24) is 10.2 Å². The molecule has 1 unspecified atom stereocenters. The fourth-order valence-corrected chi connectivity index (χ4v) is 3.27. The van der Waals surface area contributed by atoms with E-state index in [1.165, 1.54) is 6.07 Å². The van der Waals surface area contributed by atoms with Crippen molar-refractivity contribution in [2.24, 2.45) is 5.92 Å². The van der Waals surface area contributed by atoms with Crippen molar-refractivity contribution in [2.75, 3.05) is 32.0 Å². The van der Waals surface area contributed by atoms with Gasteiger partial charge in [0.2, 0.25) is 0 Å². The first-order chi connectivity index (χ1) is 11.6. The first kappa shape index (κ1) is 19.5. The zero-order valence-corrected chi connectivity index (χ0v) is 15.2. The Labute approximate surface area is 153 Å². The number of anilines is 1. The molecule has 1 aliphatic carbocycles. The molecule has 1 atom stereocenters. The molecule has 25 heavy (non-hydrogen) atoms. The second-order valence-corrected chi connectivity index (χ2v) is 6.72. The number of hydrogen-bond donors (Lipinski definition) is 2. The summed E-state index contributed by atoms with van der Waals surface area (Å²) in [6.07, 6.45) is 4.16. The lowest BCUT2D eigenvalue weighted by atomic mass is 9.97. The number of rotatable bonds is 6. The summed E-state index contributed by atoms with van der Waals surface area (Å²) >= 11 is 0. The van der Waals surface area contributed by atoms with Crippen LogP contribution in [0.4, 0.5) is 11.4 Å². The van der Waals surface area contributed by atoms with Gasteiger partial charge in [0.05, 0.1) is 4.92 Å². The van der Waals surface area contributed by atoms with Crippen molar-refractivity contribution in [3.05, 3.63) is 33.9 Å². The first-order valence-corrected chi connectivity index (χ1v) is 8.57. The van der Waals surface area contributed by atoms with Gasteiger partial charge in [0.1, 0.15) is 5.69 Å². The molecule has 0 aromatic heterocycles. The van der Waals surface area contributed by atoms with Crippen LogP contribution in [0.25, 0.3) is 0 Å². The number of hydrogen-bond acceptors (Lipinski definition) is 5. The van der Waals surface area contributed by atoms with E-state index in [4.69, 9.17) is 0 Å². The molecule has 0 spiro atoms. The maximum atomic E-state index is 12.7. The van der Waals surface area contributed by atoms with Crippen molar-refractivity contribution in [1.29, 1.82) is 0 Å². The molecule has 0 radical (unpaired) electrons. The fourth-order valence-electron chi connectivity index (χ4n) is 3.27. The summed E-state index contributed by atoms with van der Waals surface area (Å²) in [5.41, 5.74) is 0.885. The third-order valence-electron chi connectivity index (χ3n) is 4.68. The van der Waals surface area contributed by atoms with Crippen molar-refractivity contribution < 1.29 is 9.72 Å². The van der Waals surface area contributed by atoms with Crippen LogP contribution in [-0.2, 0) is 0 Å². The number of nitro benzene ring substituents is 1. The minimum Gasteiger partial charge on any atom is -0.377 e. The number of nitrogens with one attached hydrogen (secondary N) is 2. The van der Waals surface area contributed by atoms with E-state index in [2.05, 4.69) is 10.6 Å². The number of carbonyl (C=O) groups is 1. The van der Waals surface area contributed by atoms with Crippen molar-refractivity contribution in [2.45, 2.75) is 31.7 Å². The highest BCUT2D eigenvalue weighted by Gasteiger charge is 2.28. The van der Waals surface area contributed by atoms with Gasteiger partial charge in [0.15, 0.2) is 0 Å². The molecule has 0 bridgehead atoms.